The lowest BCUT2D eigenvalue weighted by Crippen LogP contribution is -2.62. The van der Waals surface area contributed by atoms with E-state index in [4.69, 9.17) is 14.2 Å². The number of carbonyl (C=O) groups excluding carboxylic acids is 2. The zero-order chi connectivity index (χ0) is 28.3. The third-order valence-electron chi connectivity index (χ3n) is 6.18. The molecule has 2 amide bonds. The molecule has 0 aliphatic carbocycles. The molecule has 1 aromatic rings. The van der Waals surface area contributed by atoms with E-state index in [-0.39, 0.29) is 17.9 Å². The number of aliphatic hydroxyl groups excluding tert-OH is 1. The van der Waals surface area contributed by atoms with Crippen molar-refractivity contribution in [3.8, 4) is 0 Å². The molecule has 212 valence electrons. The Hall–Kier alpha value is -2.05. The highest BCUT2D eigenvalue weighted by Crippen LogP contribution is 2.31. The highest BCUT2D eigenvalue weighted by molar-refractivity contribution is 7.99. The van der Waals surface area contributed by atoms with Crippen LogP contribution in [0.2, 0.25) is 0 Å². The fourth-order valence-electron chi connectivity index (χ4n) is 4.33. The number of thioether (sulfide) groups is 1. The van der Waals surface area contributed by atoms with Gasteiger partial charge < -0.3 is 29.5 Å². The summed E-state index contributed by atoms with van der Waals surface area (Å²) < 4.78 is 44.3. The van der Waals surface area contributed by atoms with E-state index in [9.17, 15) is 23.5 Å². The zero-order valence-corrected chi connectivity index (χ0v) is 23.5. The largest absolute Gasteiger partial charge is 0.387 e. The van der Waals surface area contributed by atoms with Gasteiger partial charge in [-0.25, -0.2) is 8.78 Å². The first-order valence-corrected chi connectivity index (χ1v) is 13.7. The number of carbonyl (C=O) groups is 2. The molecule has 8 nitrogen and oxygen atoms in total. The molecule has 2 saturated heterocycles. The number of benzene rings is 1. The zero-order valence-electron chi connectivity index (χ0n) is 22.7. The monoisotopic (exact) mass is 556 g/mol. The van der Waals surface area contributed by atoms with Gasteiger partial charge in [-0.1, -0.05) is 39.0 Å². The summed E-state index contributed by atoms with van der Waals surface area (Å²) in [5, 5.41) is 13.8. The Kier molecular flexibility index (Phi) is 9.97. The predicted molar refractivity (Wildman–Crippen MR) is 140 cm³/mol. The minimum absolute atomic E-state index is 0.0778. The maximum Gasteiger partial charge on any atom is 0.252 e. The summed E-state index contributed by atoms with van der Waals surface area (Å²) in [7, 11) is 1.34. The van der Waals surface area contributed by atoms with Gasteiger partial charge in [0.05, 0.1) is 0 Å². The number of methoxy groups -OCH3 is 1. The van der Waals surface area contributed by atoms with Crippen molar-refractivity contribution < 1.29 is 37.7 Å². The van der Waals surface area contributed by atoms with Gasteiger partial charge in [-0.05, 0) is 37.0 Å². The Balaban J connectivity index is 1.74. The summed E-state index contributed by atoms with van der Waals surface area (Å²) in [4.78, 5) is 28.2. The normalized spacial score (nSPS) is 27.3. The van der Waals surface area contributed by atoms with E-state index in [1.807, 2.05) is 26.8 Å². The molecule has 1 unspecified atom stereocenters. The molecule has 2 fully saturated rings. The Bertz CT molecular complexity index is 1030. The molecular formula is C27H38F2N2O6S. The van der Waals surface area contributed by atoms with E-state index >= 15 is 0 Å². The Morgan fingerprint density at radius 2 is 2.03 bits per heavy atom. The Morgan fingerprint density at radius 1 is 1.32 bits per heavy atom. The van der Waals surface area contributed by atoms with Crippen LogP contribution in [-0.4, -0.2) is 83.2 Å². The number of amides is 2. The molecule has 0 radical (unpaired) electrons. The van der Waals surface area contributed by atoms with E-state index in [1.165, 1.54) is 29.8 Å². The third-order valence-corrected chi connectivity index (χ3v) is 7.22. The van der Waals surface area contributed by atoms with E-state index in [0.717, 1.165) is 12.1 Å². The Labute approximate surface area is 227 Å². The van der Waals surface area contributed by atoms with Crippen LogP contribution in [0.1, 0.15) is 40.2 Å². The Morgan fingerprint density at radius 3 is 2.66 bits per heavy atom. The molecule has 3 rings (SSSR count). The number of nitrogens with zero attached hydrogens (tertiary/aromatic N) is 1. The van der Waals surface area contributed by atoms with E-state index in [1.54, 1.807) is 19.9 Å². The van der Waals surface area contributed by atoms with Crippen molar-refractivity contribution in [1.29, 1.82) is 0 Å². The van der Waals surface area contributed by atoms with Crippen molar-refractivity contribution >= 4 is 23.6 Å². The van der Waals surface area contributed by atoms with Crippen LogP contribution in [0, 0.1) is 17.0 Å². The first kappa shape index (κ1) is 30.5. The molecule has 0 aromatic heterocycles. The SMILES string of the molecule is CO[C@@H](C(=O)NC1CSCCN(Cc2ccc(F)c(F)c2)C1=O)[C@@H]1OC(C)(C)O[C@H](/C=C/C(C)(C)C)[C@@H]1O. The summed E-state index contributed by atoms with van der Waals surface area (Å²) in [6, 6.07) is 2.63. The summed E-state index contributed by atoms with van der Waals surface area (Å²) in [6.45, 7) is 9.89. The van der Waals surface area contributed by atoms with Crippen molar-refractivity contribution in [1.82, 2.24) is 10.2 Å². The maximum atomic E-state index is 13.7. The number of hydrogen-bond acceptors (Lipinski definition) is 7. The molecule has 38 heavy (non-hydrogen) atoms. The van der Waals surface area contributed by atoms with E-state index in [0.29, 0.717) is 23.6 Å². The molecule has 5 atom stereocenters. The first-order valence-electron chi connectivity index (χ1n) is 12.6. The smallest absolute Gasteiger partial charge is 0.252 e. The van der Waals surface area contributed by atoms with Crippen LogP contribution in [0.5, 0.6) is 0 Å². The van der Waals surface area contributed by atoms with Crippen LogP contribution in [0.25, 0.3) is 0 Å². The average molecular weight is 557 g/mol. The van der Waals surface area contributed by atoms with Crippen LogP contribution < -0.4 is 5.32 Å². The van der Waals surface area contributed by atoms with Crippen molar-refractivity contribution in [2.75, 3.05) is 25.2 Å². The lowest BCUT2D eigenvalue weighted by Gasteiger charge is -2.45. The highest BCUT2D eigenvalue weighted by Gasteiger charge is 2.48. The molecule has 0 spiro atoms. The van der Waals surface area contributed by atoms with Crippen molar-refractivity contribution in [3.63, 3.8) is 0 Å². The van der Waals surface area contributed by atoms with Crippen molar-refractivity contribution in [2.45, 2.75) is 77.4 Å². The predicted octanol–water partition coefficient (Wildman–Crippen LogP) is 3.02. The van der Waals surface area contributed by atoms with Gasteiger partial charge in [0, 0.05) is 31.7 Å². The summed E-state index contributed by atoms with van der Waals surface area (Å²) >= 11 is 1.49. The maximum absolute atomic E-state index is 13.7. The number of nitrogens with one attached hydrogen (secondary N) is 1. The van der Waals surface area contributed by atoms with Gasteiger partial charge in [0.1, 0.15) is 24.4 Å². The van der Waals surface area contributed by atoms with Crippen molar-refractivity contribution in [3.05, 3.63) is 47.5 Å². The standard InChI is InChI=1S/C27H38F2N2O6S/c1-26(2,3)10-9-20-21(32)22(37-27(4,5)36-20)23(35-6)24(33)30-19-15-38-12-11-31(25(19)34)14-16-7-8-17(28)18(29)13-16/h7-10,13,19-23,32H,11-12,14-15H2,1-6H3,(H,30,33)/b10-9+/t19?,20-,21+,22-,23-/m1/s1. The average Bonchev–Trinajstić information content (AvgIpc) is 2.98. The third kappa shape index (κ3) is 7.98. The lowest BCUT2D eigenvalue weighted by molar-refractivity contribution is -0.334. The van der Waals surface area contributed by atoms with Gasteiger partial charge >= 0.3 is 0 Å². The quantitative estimate of drug-likeness (QED) is 0.499. The topological polar surface area (TPSA) is 97.3 Å². The van der Waals surface area contributed by atoms with Gasteiger partial charge in [-0.3, -0.25) is 9.59 Å². The molecule has 0 saturated carbocycles. The van der Waals surface area contributed by atoms with Gasteiger partial charge in [0.2, 0.25) is 5.91 Å². The van der Waals surface area contributed by atoms with E-state index < -0.39 is 53.8 Å². The summed E-state index contributed by atoms with van der Waals surface area (Å²) in [5.74, 6) is -3.06. The van der Waals surface area contributed by atoms with Gasteiger partial charge in [0.15, 0.2) is 23.5 Å². The molecule has 2 N–H and O–H groups in total. The molecule has 2 aliphatic heterocycles. The number of rotatable bonds is 7. The molecule has 0 bridgehead atoms. The van der Waals surface area contributed by atoms with Crippen LogP contribution in [0.3, 0.4) is 0 Å². The van der Waals surface area contributed by atoms with E-state index in [2.05, 4.69) is 5.32 Å². The number of hydrogen-bond donors (Lipinski definition) is 2. The molecule has 1 aromatic carbocycles. The second-order valence-electron chi connectivity index (χ2n) is 11.1. The highest BCUT2D eigenvalue weighted by atomic mass is 32.2. The summed E-state index contributed by atoms with van der Waals surface area (Å²) in [6.07, 6.45) is -0.556. The second-order valence-corrected chi connectivity index (χ2v) is 12.2. The first-order chi connectivity index (χ1) is 17.7. The molecule has 2 aliphatic rings. The molecule has 2 heterocycles. The fraction of sp³-hybridized carbons (Fsp3) is 0.630. The van der Waals surface area contributed by atoms with Crippen LogP contribution in [0.15, 0.2) is 30.4 Å². The van der Waals surface area contributed by atoms with Gasteiger partial charge in [-0.15, -0.1) is 0 Å². The van der Waals surface area contributed by atoms with Gasteiger partial charge in [-0.2, -0.15) is 11.8 Å². The fourth-order valence-corrected chi connectivity index (χ4v) is 5.31. The number of ether oxygens (including phenoxy) is 3. The number of aliphatic hydroxyl groups is 1. The van der Waals surface area contributed by atoms with Crippen LogP contribution in [-0.2, 0) is 30.3 Å². The minimum atomic E-state index is -1.22. The summed E-state index contributed by atoms with van der Waals surface area (Å²) in [5.41, 5.74) is 0.293. The second kappa shape index (κ2) is 12.4. The van der Waals surface area contributed by atoms with Crippen molar-refractivity contribution in [2.24, 2.45) is 5.41 Å². The van der Waals surface area contributed by atoms with Crippen LogP contribution in [0.4, 0.5) is 8.78 Å². The molecule has 11 heteroatoms. The van der Waals surface area contributed by atoms with Crippen LogP contribution >= 0.6 is 11.8 Å². The van der Waals surface area contributed by atoms with Gasteiger partial charge in [0.25, 0.3) is 5.91 Å². The molecular weight excluding hydrogens is 518 g/mol. The lowest BCUT2D eigenvalue weighted by atomic mass is 9.93. The minimum Gasteiger partial charge on any atom is -0.387 e. The number of halogens is 2. The number of allylic oxidation sites excluding steroid dienone is 1.